The standard InChI is InChI=1S/C16H25ClN3O9P/c1-8(2)28-13(23)9(3)19-30(17,26)27-7-10-12(22)16(4,25)14(29-10)20-6-5-11(21)18-15(20)24/h5-6,8-10,12,14,22,25H,7H2,1-4H3,(H,19,26)(H,18,21,24)/t9-,10+,12+,14+,16+,30?/m0/s1. The maximum absolute atomic E-state index is 12.4. The lowest BCUT2D eigenvalue weighted by Gasteiger charge is -2.27. The molecule has 0 aromatic carbocycles. The molecule has 1 aliphatic heterocycles. The number of ether oxygens (including phenoxy) is 2. The highest BCUT2D eigenvalue weighted by Gasteiger charge is 2.53. The highest BCUT2D eigenvalue weighted by atomic mass is 35.7. The second kappa shape index (κ2) is 9.31. The Morgan fingerprint density at radius 1 is 1.47 bits per heavy atom. The third kappa shape index (κ3) is 5.79. The summed E-state index contributed by atoms with van der Waals surface area (Å²) >= 11 is 5.82. The summed E-state index contributed by atoms with van der Waals surface area (Å²) < 4.78 is 28.9. The number of H-pyrrole nitrogens is 1. The molecule has 0 aliphatic carbocycles. The molecule has 0 bridgehead atoms. The number of aromatic amines is 1. The Labute approximate surface area is 176 Å². The predicted octanol–water partition coefficient (Wildman–Crippen LogP) is -0.161. The van der Waals surface area contributed by atoms with E-state index in [1.54, 1.807) is 13.8 Å². The van der Waals surface area contributed by atoms with E-state index in [0.717, 1.165) is 16.8 Å². The molecular formula is C16H25ClN3O9P. The normalized spacial score (nSPS) is 29.5. The van der Waals surface area contributed by atoms with Crippen molar-refractivity contribution in [2.45, 2.75) is 63.9 Å². The molecule has 0 radical (unpaired) electrons. The minimum Gasteiger partial charge on any atom is -0.462 e. The zero-order valence-electron chi connectivity index (χ0n) is 16.8. The van der Waals surface area contributed by atoms with Gasteiger partial charge in [0.05, 0.1) is 12.7 Å². The molecule has 2 heterocycles. The van der Waals surface area contributed by atoms with Crippen molar-refractivity contribution in [1.82, 2.24) is 14.6 Å². The molecule has 1 aliphatic rings. The van der Waals surface area contributed by atoms with Gasteiger partial charge in [0.15, 0.2) is 6.23 Å². The van der Waals surface area contributed by atoms with Crippen LogP contribution in [0.3, 0.4) is 0 Å². The quantitative estimate of drug-likeness (QED) is 0.296. The summed E-state index contributed by atoms with van der Waals surface area (Å²) in [6, 6.07) is 0.00619. The first kappa shape index (κ1) is 24.7. The monoisotopic (exact) mass is 469 g/mol. The van der Waals surface area contributed by atoms with E-state index in [4.69, 9.17) is 25.2 Å². The van der Waals surface area contributed by atoms with E-state index in [2.05, 4.69) is 5.09 Å². The van der Waals surface area contributed by atoms with Crippen molar-refractivity contribution >= 4 is 24.1 Å². The molecule has 1 aromatic rings. The fraction of sp³-hybridized carbons (Fsp3) is 0.688. The van der Waals surface area contributed by atoms with Crippen LogP contribution in [0, 0.1) is 0 Å². The van der Waals surface area contributed by atoms with Crippen LogP contribution in [0.25, 0.3) is 0 Å². The van der Waals surface area contributed by atoms with Gasteiger partial charge in [0.2, 0.25) is 0 Å². The molecule has 30 heavy (non-hydrogen) atoms. The van der Waals surface area contributed by atoms with Gasteiger partial charge in [-0.15, -0.1) is 0 Å². The Bertz CT molecular complexity index is 931. The largest absolute Gasteiger partial charge is 0.462 e. The summed E-state index contributed by atoms with van der Waals surface area (Å²) in [6.45, 7) is 1.33. The number of rotatable bonds is 8. The third-order valence-electron chi connectivity index (χ3n) is 4.32. The van der Waals surface area contributed by atoms with E-state index < -0.39 is 60.8 Å². The molecule has 1 aromatic heterocycles. The summed E-state index contributed by atoms with van der Waals surface area (Å²) in [6.07, 6.45) is -3.42. The van der Waals surface area contributed by atoms with E-state index >= 15 is 0 Å². The molecule has 1 fully saturated rings. The first-order valence-corrected chi connectivity index (χ1v) is 11.6. The smallest absolute Gasteiger partial charge is 0.361 e. The van der Waals surface area contributed by atoms with Crippen LogP contribution < -0.4 is 16.3 Å². The van der Waals surface area contributed by atoms with Crippen molar-refractivity contribution in [3.8, 4) is 0 Å². The molecule has 14 heteroatoms. The molecule has 0 spiro atoms. The fourth-order valence-corrected chi connectivity index (χ4v) is 4.40. The van der Waals surface area contributed by atoms with Crippen LogP contribution in [0.15, 0.2) is 21.9 Å². The number of carbonyl (C=O) groups is 1. The van der Waals surface area contributed by atoms with Crippen LogP contribution in [0.2, 0.25) is 0 Å². The highest BCUT2D eigenvalue weighted by molar-refractivity contribution is 7.83. The Balaban J connectivity index is 2.06. The number of esters is 1. The number of nitrogens with one attached hydrogen (secondary N) is 2. The first-order chi connectivity index (χ1) is 13.7. The van der Waals surface area contributed by atoms with Gasteiger partial charge in [-0.05, 0) is 38.9 Å². The minimum atomic E-state index is -4.04. The third-order valence-corrected chi connectivity index (χ3v) is 6.08. The van der Waals surface area contributed by atoms with Crippen LogP contribution in [0.1, 0.15) is 33.9 Å². The lowest BCUT2D eigenvalue weighted by atomic mass is 9.96. The average molecular weight is 470 g/mol. The molecule has 0 saturated carbocycles. The summed E-state index contributed by atoms with van der Waals surface area (Å²) in [5.74, 6) is -0.688. The average Bonchev–Trinajstić information content (AvgIpc) is 2.82. The topological polar surface area (TPSA) is 169 Å². The fourth-order valence-electron chi connectivity index (χ4n) is 2.81. The number of hydrogen-bond donors (Lipinski definition) is 4. The van der Waals surface area contributed by atoms with Gasteiger partial charge in [-0.1, -0.05) is 0 Å². The van der Waals surface area contributed by atoms with Crippen LogP contribution in [-0.2, 0) is 23.4 Å². The first-order valence-electron chi connectivity index (χ1n) is 9.04. The number of aliphatic hydroxyl groups excluding tert-OH is 1. The maximum Gasteiger partial charge on any atom is 0.361 e. The zero-order valence-corrected chi connectivity index (χ0v) is 18.4. The van der Waals surface area contributed by atoms with Crippen molar-refractivity contribution in [2.75, 3.05) is 6.61 Å². The Hall–Kier alpha value is -1.53. The van der Waals surface area contributed by atoms with Crippen molar-refractivity contribution in [3.05, 3.63) is 33.1 Å². The van der Waals surface area contributed by atoms with Gasteiger partial charge < -0.3 is 24.2 Å². The molecule has 2 rings (SSSR count). The maximum atomic E-state index is 12.4. The van der Waals surface area contributed by atoms with Crippen LogP contribution >= 0.6 is 18.1 Å². The molecule has 170 valence electrons. The van der Waals surface area contributed by atoms with Crippen LogP contribution in [0.5, 0.6) is 0 Å². The Kier molecular flexibility index (Phi) is 7.68. The van der Waals surface area contributed by atoms with Gasteiger partial charge in [-0.2, -0.15) is 0 Å². The highest BCUT2D eigenvalue weighted by Crippen LogP contribution is 2.49. The lowest BCUT2D eigenvalue weighted by Crippen LogP contribution is -2.46. The number of aromatic nitrogens is 2. The SMILES string of the molecule is CC(C)OC(=O)[C@H](C)NP(=O)(Cl)OC[C@H]1O[C@@H](n2ccc(=O)[nH]c2=O)[C@](C)(O)[C@@H]1O. The van der Waals surface area contributed by atoms with Crippen molar-refractivity contribution in [1.29, 1.82) is 0 Å². The molecule has 0 amide bonds. The van der Waals surface area contributed by atoms with Gasteiger partial charge >= 0.3 is 18.5 Å². The number of halogens is 1. The second-order valence-corrected chi connectivity index (χ2v) is 10.1. The Morgan fingerprint density at radius 3 is 2.67 bits per heavy atom. The molecular weight excluding hydrogens is 445 g/mol. The summed E-state index contributed by atoms with van der Waals surface area (Å²) in [4.78, 5) is 37.0. The van der Waals surface area contributed by atoms with Gasteiger partial charge in [0, 0.05) is 12.3 Å². The number of aliphatic hydroxyl groups is 2. The van der Waals surface area contributed by atoms with E-state index in [1.165, 1.54) is 13.8 Å². The summed E-state index contributed by atoms with van der Waals surface area (Å²) in [5, 5.41) is 23.3. The molecule has 6 atom stereocenters. The molecule has 1 saturated heterocycles. The lowest BCUT2D eigenvalue weighted by molar-refractivity contribution is -0.149. The number of hydrogen-bond acceptors (Lipinski definition) is 9. The predicted molar refractivity (Wildman–Crippen MR) is 105 cm³/mol. The zero-order chi connectivity index (χ0) is 22.9. The minimum absolute atomic E-state index is 0.380. The summed E-state index contributed by atoms with van der Waals surface area (Å²) in [5.41, 5.74) is -3.45. The second-order valence-electron chi connectivity index (χ2n) is 7.33. The van der Waals surface area contributed by atoms with Crippen LogP contribution in [-0.4, -0.2) is 62.3 Å². The molecule has 4 N–H and O–H groups in total. The van der Waals surface area contributed by atoms with Gasteiger partial charge in [-0.25, -0.2) is 9.88 Å². The molecule has 12 nitrogen and oxygen atoms in total. The van der Waals surface area contributed by atoms with E-state index in [-0.39, 0.29) is 6.10 Å². The van der Waals surface area contributed by atoms with Gasteiger partial charge in [0.25, 0.3) is 5.56 Å². The van der Waals surface area contributed by atoms with Gasteiger partial charge in [0.1, 0.15) is 23.9 Å². The van der Waals surface area contributed by atoms with E-state index in [9.17, 15) is 29.2 Å². The van der Waals surface area contributed by atoms with Crippen molar-refractivity contribution < 1.29 is 33.6 Å². The van der Waals surface area contributed by atoms with E-state index in [1.807, 2.05) is 4.98 Å². The number of carbonyl (C=O) groups excluding carboxylic acids is 1. The van der Waals surface area contributed by atoms with Crippen LogP contribution in [0.4, 0.5) is 0 Å². The van der Waals surface area contributed by atoms with Crippen molar-refractivity contribution in [3.63, 3.8) is 0 Å². The molecule has 1 unspecified atom stereocenters. The van der Waals surface area contributed by atoms with Gasteiger partial charge in [-0.3, -0.25) is 23.7 Å². The summed E-state index contributed by atoms with van der Waals surface area (Å²) in [7, 11) is 0. The number of nitrogens with zero attached hydrogens (tertiary/aromatic N) is 1. The van der Waals surface area contributed by atoms with Crippen molar-refractivity contribution in [2.24, 2.45) is 0 Å². The van der Waals surface area contributed by atoms with E-state index in [0.29, 0.717) is 0 Å². The Morgan fingerprint density at radius 2 is 2.10 bits per heavy atom.